The van der Waals surface area contributed by atoms with E-state index < -0.39 is 0 Å². The van der Waals surface area contributed by atoms with E-state index in [1.807, 2.05) is 0 Å². The van der Waals surface area contributed by atoms with E-state index in [-0.39, 0.29) is 6.61 Å². The van der Waals surface area contributed by atoms with Crippen molar-refractivity contribution >= 4 is 22.4 Å². The summed E-state index contributed by atoms with van der Waals surface area (Å²) in [5.74, 6) is 1.35. The Hall–Kier alpha value is -0.810. The van der Waals surface area contributed by atoms with Gasteiger partial charge < -0.3 is 15.7 Å². The quantitative estimate of drug-likeness (QED) is 0.859. The minimum absolute atomic E-state index is 0.207. The fourth-order valence-electron chi connectivity index (χ4n) is 3.04. The summed E-state index contributed by atoms with van der Waals surface area (Å²) in [4.78, 5) is 2.37. The zero-order valence-electron chi connectivity index (χ0n) is 10.6. The van der Waals surface area contributed by atoms with Crippen LogP contribution in [-0.2, 0) is 0 Å². The number of aromatic nitrogens is 1. The number of rotatable bonds is 5. The van der Waals surface area contributed by atoms with E-state index in [2.05, 4.69) is 9.27 Å². The van der Waals surface area contributed by atoms with Gasteiger partial charge in [0.2, 0.25) is 0 Å². The smallest absolute Gasteiger partial charge is 0.142 e. The van der Waals surface area contributed by atoms with Crippen molar-refractivity contribution in [2.45, 2.75) is 50.5 Å². The van der Waals surface area contributed by atoms with Crippen molar-refractivity contribution in [3.8, 4) is 0 Å². The highest BCUT2D eigenvalue weighted by atomic mass is 32.1. The van der Waals surface area contributed by atoms with Gasteiger partial charge in [-0.3, -0.25) is 0 Å². The van der Waals surface area contributed by atoms with Crippen molar-refractivity contribution < 1.29 is 5.11 Å². The van der Waals surface area contributed by atoms with Crippen LogP contribution in [0.4, 0.5) is 10.8 Å². The van der Waals surface area contributed by atoms with Crippen molar-refractivity contribution in [2.75, 3.05) is 23.8 Å². The van der Waals surface area contributed by atoms with Gasteiger partial charge in [0.05, 0.1) is 6.61 Å². The number of hydrogen-bond acceptors (Lipinski definition) is 5. The molecule has 0 aromatic carbocycles. The SMILES string of the molecule is Nc1nsc(N(CCO)C2CCCC2)c1C1CC1. The highest BCUT2D eigenvalue weighted by molar-refractivity contribution is 7.10. The van der Waals surface area contributed by atoms with Crippen molar-refractivity contribution in [1.29, 1.82) is 0 Å². The summed E-state index contributed by atoms with van der Waals surface area (Å²) >= 11 is 1.52. The molecule has 0 saturated heterocycles. The van der Waals surface area contributed by atoms with Gasteiger partial charge in [-0.1, -0.05) is 12.8 Å². The third kappa shape index (κ3) is 2.21. The first-order valence-corrected chi connectivity index (χ1v) is 7.71. The molecule has 0 radical (unpaired) electrons. The van der Waals surface area contributed by atoms with Gasteiger partial charge in [-0.05, 0) is 43.1 Å². The second-order valence-corrected chi connectivity index (χ2v) is 6.17. The summed E-state index contributed by atoms with van der Waals surface area (Å²) in [6.07, 6.45) is 7.57. The third-order valence-electron chi connectivity index (χ3n) is 4.09. The van der Waals surface area contributed by atoms with E-state index in [1.54, 1.807) is 0 Å². The summed E-state index contributed by atoms with van der Waals surface area (Å²) in [6, 6.07) is 0.578. The fourth-order valence-corrected chi connectivity index (χ4v) is 4.03. The Morgan fingerprint density at radius 2 is 2.00 bits per heavy atom. The maximum atomic E-state index is 9.32. The van der Waals surface area contributed by atoms with Crippen LogP contribution in [0.25, 0.3) is 0 Å². The van der Waals surface area contributed by atoms with E-state index in [9.17, 15) is 5.11 Å². The lowest BCUT2D eigenvalue weighted by Crippen LogP contribution is -2.35. The number of nitrogens with zero attached hydrogens (tertiary/aromatic N) is 2. The Bertz CT molecular complexity index is 410. The average molecular weight is 267 g/mol. The van der Waals surface area contributed by atoms with Crippen molar-refractivity contribution in [3.05, 3.63) is 5.56 Å². The van der Waals surface area contributed by atoms with Crippen LogP contribution in [0.1, 0.15) is 50.0 Å². The summed E-state index contributed by atoms with van der Waals surface area (Å²) in [7, 11) is 0. The average Bonchev–Trinajstić information content (AvgIpc) is 2.91. The van der Waals surface area contributed by atoms with E-state index in [0.29, 0.717) is 18.5 Å². The molecule has 18 heavy (non-hydrogen) atoms. The number of aliphatic hydroxyl groups is 1. The molecule has 0 unspecified atom stereocenters. The first kappa shape index (κ1) is 12.2. The zero-order chi connectivity index (χ0) is 12.5. The minimum Gasteiger partial charge on any atom is -0.395 e. The molecule has 3 rings (SSSR count). The molecule has 1 aromatic heterocycles. The van der Waals surface area contributed by atoms with Gasteiger partial charge in [0.25, 0.3) is 0 Å². The maximum Gasteiger partial charge on any atom is 0.142 e. The van der Waals surface area contributed by atoms with Crippen LogP contribution >= 0.6 is 11.5 Å². The molecule has 1 aromatic rings. The van der Waals surface area contributed by atoms with Crippen LogP contribution in [0.2, 0.25) is 0 Å². The van der Waals surface area contributed by atoms with E-state index >= 15 is 0 Å². The largest absolute Gasteiger partial charge is 0.395 e. The standard InChI is InChI=1S/C13H21N3OS/c14-12-11(9-5-6-9)13(18-15-12)16(7-8-17)10-3-1-2-4-10/h9-10,17H,1-8H2,(H2,14,15). The van der Waals surface area contributed by atoms with Gasteiger partial charge in [0, 0.05) is 18.2 Å². The van der Waals surface area contributed by atoms with Gasteiger partial charge in [0.1, 0.15) is 10.8 Å². The van der Waals surface area contributed by atoms with Gasteiger partial charge in [-0.15, -0.1) is 0 Å². The number of aliphatic hydroxyl groups excluding tert-OH is 1. The van der Waals surface area contributed by atoms with Crippen LogP contribution < -0.4 is 10.6 Å². The number of anilines is 2. The van der Waals surface area contributed by atoms with E-state index in [4.69, 9.17) is 5.73 Å². The fraction of sp³-hybridized carbons (Fsp3) is 0.769. The minimum atomic E-state index is 0.207. The summed E-state index contributed by atoms with van der Waals surface area (Å²) in [5.41, 5.74) is 7.29. The van der Waals surface area contributed by atoms with Crippen LogP contribution in [0.3, 0.4) is 0 Å². The van der Waals surface area contributed by atoms with Crippen LogP contribution in [0, 0.1) is 0 Å². The molecule has 3 N–H and O–H groups in total. The molecule has 1 heterocycles. The van der Waals surface area contributed by atoms with Crippen LogP contribution in [0.15, 0.2) is 0 Å². The Kier molecular flexibility index (Phi) is 3.43. The number of hydrogen-bond donors (Lipinski definition) is 2. The van der Waals surface area contributed by atoms with E-state index in [0.717, 1.165) is 5.82 Å². The molecule has 4 nitrogen and oxygen atoms in total. The molecule has 2 saturated carbocycles. The van der Waals surface area contributed by atoms with Gasteiger partial charge >= 0.3 is 0 Å². The summed E-state index contributed by atoms with van der Waals surface area (Å²) < 4.78 is 4.35. The number of nitrogens with two attached hydrogens (primary N) is 1. The second kappa shape index (κ2) is 5.05. The first-order valence-electron chi connectivity index (χ1n) is 6.93. The Morgan fingerprint density at radius 3 is 2.61 bits per heavy atom. The Balaban J connectivity index is 1.88. The van der Waals surface area contributed by atoms with Crippen LogP contribution in [-0.4, -0.2) is 28.7 Å². The zero-order valence-corrected chi connectivity index (χ0v) is 11.5. The molecule has 5 heteroatoms. The summed E-state index contributed by atoms with van der Waals surface area (Å²) in [6.45, 7) is 0.921. The highest BCUT2D eigenvalue weighted by Crippen LogP contribution is 2.49. The maximum absolute atomic E-state index is 9.32. The van der Waals surface area contributed by atoms with Gasteiger partial charge in [0.15, 0.2) is 0 Å². The molecule has 100 valence electrons. The predicted octanol–water partition coefficient (Wildman–Crippen LogP) is 2.34. The van der Waals surface area contributed by atoms with Crippen molar-refractivity contribution in [2.24, 2.45) is 0 Å². The molecular weight excluding hydrogens is 246 g/mol. The molecule has 0 bridgehead atoms. The lowest BCUT2D eigenvalue weighted by Gasteiger charge is -2.29. The molecule has 0 amide bonds. The first-order chi connectivity index (χ1) is 8.81. The Morgan fingerprint density at radius 1 is 1.28 bits per heavy atom. The highest BCUT2D eigenvalue weighted by Gasteiger charge is 2.34. The molecule has 2 aliphatic carbocycles. The topological polar surface area (TPSA) is 62.4 Å². The van der Waals surface area contributed by atoms with Crippen molar-refractivity contribution in [1.82, 2.24) is 4.37 Å². The normalized spacial score (nSPS) is 20.5. The van der Waals surface area contributed by atoms with Gasteiger partial charge in [-0.2, -0.15) is 4.37 Å². The lowest BCUT2D eigenvalue weighted by molar-refractivity contribution is 0.297. The number of nitrogen functional groups attached to an aromatic ring is 1. The lowest BCUT2D eigenvalue weighted by atomic mass is 10.1. The predicted molar refractivity (Wildman–Crippen MR) is 75.2 cm³/mol. The van der Waals surface area contributed by atoms with Gasteiger partial charge in [-0.25, -0.2) is 0 Å². The monoisotopic (exact) mass is 267 g/mol. The molecule has 2 aliphatic rings. The van der Waals surface area contributed by atoms with Crippen LogP contribution in [0.5, 0.6) is 0 Å². The summed E-state index contributed by atoms with van der Waals surface area (Å²) in [5, 5.41) is 10.6. The van der Waals surface area contributed by atoms with E-state index in [1.165, 1.54) is 60.6 Å². The molecule has 0 aliphatic heterocycles. The van der Waals surface area contributed by atoms with Crippen molar-refractivity contribution in [3.63, 3.8) is 0 Å². The molecular formula is C13H21N3OS. The third-order valence-corrected chi connectivity index (χ3v) is 5.00. The second-order valence-electron chi connectivity index (χ2n) is 5.42. The molecule has 2 fully saturated rings. The Labute approximate surface area is 112 Å². The molecule has 0 spiro atoms. The molecule has 0 atom stereocenters.